The van der Waals surface area contributed by atoms with Crippen LogP contribution < -0.4 is 11.1 Å². The summed E-state index contributed by atoms with van der Waals surface area (Å²) in [6.45, 7) is 2.63. The fourth-order valence-corrected chi connectivity index (χ4v) is 1.35. The molecule has 0 fully saturated rings. The Morgan fingerprint density at radius 3 is 2.73 bits per heavy atom. The smallest absolute Gasteiger partial charge is 0.251 e. The Morgan fingerprint density at radius 2 is 2.20 bits per heavy atom. The predicted molar refractivity (Wildman–Crippen MR) is 59.5 cm³/mol. The van der Waals surface area contributed by atoms with Crippen LogP contribution in [0.4, 0.5) is 0 Å². The summed E-state index contributed by atoms with van der Waals surface area (Å²) in [6.07, 6.45) is 4.93. The highest BCUT2D eigenvalue weighted by Crippen LogP contribution is 2.00. The molecule has 3 N–H and O–H groups in total. The number of nitrogens with two attached hydrogens (primary N) is 1. The molecule has 1 heterocycles. The van der Waals surface area contributed by atoms with Gasteiger partial charge in [0.1, 0.15) is 0 Å². The van der Waals surface area contributed by atoms with Crippen molar-refractivity contribution in [3.63, 3.8) is 0 Å². The first-order valence-electron chi connectivity index (χ1n) is 5.19. The molecule has 1 aromatic heterocycles. The Kier molecular flexibility index (Phi) is 4.77. The third kappa shape index (κ3) is 3.67. The maximum absolute atomic E-state index is 11.7. The molecule has 82 valence electrons. The maximum atomic E-state index is 11.7. The van der Waals surface area contributed by atoms with Gasteiger partial charge in [0.2, 0.25) is 0 Å². The van der Waals surface area contributed by atoms with Crippen molar-refractivity contribution in [1.82, 2.24) is 10.3 Å². The van der Waals surface area contributed by atoms with E-state index < -0.39 is 0 Å². The molecule has 0 saturated carbocycles. The third-order valence-corrected chi connectivity index (χ3v) is 2.29. The molecule has 0 saturated heterocycles. The summed E-state index contributed by atoms with van der Waals surface area (Å²) in [4.78, 5) is 15.6. The second-order valence-electron chi connectivity index (χ2n) is 3.39. The minimum Gasteiger partial charge on any atom is -0.349 e. The van der Waals surface area contributed by atoms with Gasteiger partial charge in [0.05, 0.1) is 0 Å². The summed E-state index contributed by atoms with van der Waals surface area (Å²) in [5, 5.41) is 2.94. The molecule has 0 spiro atoms. The van der Waals surface area contributed by atoms with Crippen LogP contribution in [0.3, 0.4) is 0 Å². The predicted octanol–water partition coefficient (Wildman–Crippen LogP) is 0.939. The largest absolute Gasteiger partial charge is 0.349 e. The van der Waals surface area contributed by atoms with Crippen LogP contribution in [0.25, 0.3) is 0 Å². The molecule has 4 nitrogen and oxygen atoms in total. The number of carbonyl (C=O) groups is 1. The Balaban J connectivity index is 2.55. The Bertz CT molecular complexity index is 300. The second kappa shape index (κ2) is 6.14. The number of carbonyl (C=O) groups excluding carboxylic acids is 1. The van der Waals surface area contributed by atoms with Crippen LogP contribution in [0.2, 0.25) is 0 Å². The molecule has 4 heteroatoms. The molecule has 1 aromatic rings. The molecular weight excluding hydrogens is 190 g/mol. The van der Waals surface area contributed by atoms with E-state index in [1.54, 1.807) is 24.5 Å². The number of nitrogens with zero attached hydrogens (tertiary/aromatic N) is 1. The van der Waals surface area contributed by atoms with Crippen LogP contribution in [0.5, 0.6) is 0 Å². The number of amides is 1. The maximum Gasteiger partial charge on any atom is 0.251 e. The van der Waals surface area contributed by atoms with Gasteiger partial charge in [-0.3, -0.25) is 9.78 Å². The van der Waals surface area contributed by atoms with Gasteiger partial charge in [0.15, 0.2) is 0 Å². The zero-order valence-corrected chi connectivity index (χ0v) is 8.94. The third-order valence-electron chi connectivity index (χ3n) is 2.29. The average molecular weight is 207 g/mol. The second-order valence-corrected chi connectivity index (χ2v) is 3.39. The summed E-state index contributed by atoms with van der Waals surface area (Å²) in [7, 11) is 0. The topological polar surface area (TPSA) is 68.0 Å². The Labute approximate surface area is 89.9 Å². The molecule has 1 unspecified atom stereocenters. The zero-order chi connectivity index (χ0) is 11.1. The van der Waals surface area contributed by atoms with Crippen molar-refractivity contribution in [3.8, 4) is 0 Å². The minimum absolute atomic E-state index is 0.0577. The fraction of sp³-hybridized carbons (Fsp3) is 0.455. The summed E-state index contributed by atoms with van der Waals surface area (Å²) >= 11 is 0. The molecule has 1 rings (SSSR count). The van der Waals surface area contributed by atoms with E-state index in [0.717, 1.165) is 12.8 Å². The Morgan fingerprint density at radius 1 is 1.53 bits per heavy atom. The number of rotatable bonds is 5. The van der Waals surface area contributed by atoms with Crippen molar-refractivity contribution in [2.24, 2.45) is 5.73 Å². The van der Waals surface area contributed by atoms with Gasteiger partial charge >= 0.3 is 0 Å². The van der Waals surface area contributed by atoms with Crippen molar-refractivity contribution in [1.29, 1.82) is 0 Å². The molecular formula is C11H17N3O. The van der Waals surface area contributed by atoms with Gasteiger partial charge in [0.25, 0.3) is 5.91 Å². The van der Waals surface area contributed by atoms with Crippen LogP contribution in [-0.4, -0.2) is 23.5 Å². The zero-order valence-electron chi connectivity index (χ0n) is 8.94. The van der Waals surface area contributed by atoms with Crippen molar-refractivity contribution < 1.29 is 4.79 Å². The highest BCUT2D eigenvalue weighted by atomic mass is 16.1. The van der Waals surface area contributed by atoms with E-state index in [4.69, 9.17) is 5.73 Å². The lowest BCUT2D eigenvalue weighted by molar-refractivity contribution is 0.0934. The molecule has 1 amide bonds. The van der Waals surface area contributed by atoms with Crippen molar-refractivity contribution in [3.05, 3.63) is 30.1 Å². The van der Waals surface area contributed by atoms with E-state index in [0.29, 0.717) is 12.1 Å². The van der Waals surface area contributed by atoms with Crippen molar-refractivity contribution in [2.75, 3.05) is 6.54 Å². The molecule has 0 aliphatic rings. The summed E-state index contributed by atoms with van der Waals surface area (Å²) in [5.41, 5.74) is 6.10. The van der Waals surface area contributed by atoms with E-state index >= 15 is 0 Å². The van der Waals surface area contributed by atoms with E-state index in [2.05, 4.69) is 10.3 Å². The van der Waals surface area contributed by atoms with E-state index in [-0.39, 0.29) is 11.9 Å². The molecule has 0 bridgehead atoms. The van der Waals surface area contributed by atoms with Gasteiger partial charge in [-0.05, 0) is 31.5 Å². The van der Waals surface area contributed by atoms with Gasteiger partial charge in [-0.1, -0.05) is 6.92 Å². The van der Waals surface area contributed by atoms with Crippen LogP contribution in [0, 0.1) is 0 Å². The highest BCUT2D eigenvalue weighted by molar-refractivity contribution is 5.94. The number of nitrogens with one attached hydrogen (secondary N) is 1. The quantitative estimate of drug-likeness (QED) is 0.755. The first-order chi connectivity index (χ1) is 7.27. The fourth-order valence-electron chi connectivity index (χ4n) is 1.35. The van der Waals surface area contributed by atoms with Crippen LogP contribution >= 0.6 is 0 Å². The average Bonchev–Trinajstić information content (AvgIpc) is 2.29. The highest BCUT2D eigenvalue weighted by Gasteiger charge is 2.10. The minimum atomic E-state index is -0.0577. The lowest BCUT2D eigenvalue weighted by atomic mass is 10.1. The number of aromatic nitrogens is 1. The first kappa shape index (κ1) is 11.7. The van der Waals surface area contributed by atoms with Crippen molar-refractivity contribution in [2.45, 2.75) is 25.8 Å². The molecule has 0 aliphatic carbocycles. The number of pyridine rings is 1. The molecule has 15 heavy (non-hydrogen) atoms. The normalized spacial score (nSPS) is 12.1. The summed E-state index contributed by atoms with van der Waals surface area (Å²) < 4.78 is 0. The van der Waals surface area contributed by atoms with Gasteiger partial charge in [-0.25, -0.2) is 0 Å². The molecule has 1 atom stereocenters. The lowest BCUT2D eigenvalue weighted by Crippen LogP contribution is -2.35. The molecule has 0 aromatic carbocycles. The molecule has 0 aliphatic heterocycles. The van der Waals surface area contributed by atoms with Gasteiger partial charge in [-0.15, -0.1) is 0 Å². The van der Waals surface area contributed by atoms with Crippen LogP contribution in [0.15, 0.2) is 24.5 Å². The monoisotopic (exact) mass is 207 g/mol. The van der Waals surface area contributed by atoms with Crippen molar-refractivity contribution >= 4 is 5.91 Å². The van der Waals surface area contributed by atoms with E-state index in [1.165, 1.54) is 0 Å². The number of hydrogen-bond acceptors (Lipinski definition) is 3. The molecule has 0 radical (unpaired) electrons. The lowest BCUT2D eigenvalue weighted by Gasteiger charge is -2.15. The summed E-state index contributed by atoms with van der Waals surface area (Å²) in [5.74, 6) is -0.0577. The summed E-state index contributed by atoms with van der Waals surface area (Å²) in [6, 6.07) is 3.56. The van der Waals surface area contributed by atoms with Gasteiger partial charge < -0.3 is 11.1 Å². The van der Waals surface area contributed by atoms with Gasteiger partial charge in [-0.2, -0.15) is 0 Å². The van der Waals surface area contributed by atoms with Crippen LogP contribution in [0.1, 0.15) is 30.1 Å². The van der Waals surface area contributed by atoms with E-state index in [1.807, 2.05) is 6.92 Å². The number of hydrogen-bond donors (Lipinski definition) is 2. The van der Waals surface area contributed by atoms with Crippen LogP contribution in [-0.2, 0) is 0 Å². The van der Waals surface area contributed by atoms with Gasteiger partial charge in [0, 0.05) is 24.0 Å². The van der Waals surface area contributed by atoms with E-state index in [9.17, 15) is 4.79 Å². The first-order valence-corrected chi connectivity index (χ1v) is 5.19. The standard InChI is InChI=1S/C11H17N3O/c1-2-10(3-6-12)14-11(15)9-4-7-13-8-5-9/h4-5,7-8,10H,2-3,6,12H2,1H3,(H,14,15). The SMILES string of the molecule is CCC(CCN)NC(=O)c1ccncc1. The Hall–Kier alpha value is -1.42.